The normalized spacial score (nSPS) is 13.5. The highest BCUT2D eigenvalue weighted by Crippen LogP contribution is 2.46. The summed E-state index contributed by atoms with van der Waals surface area (Å²) in [6, 6.07) is 27.8. The molecule has 1 fully saturated rings. The van der Waals surface area contributed by atoms with Crippen molar-refractivity contribution in [1.29, 1.82) is 0 Å². The molecule has 0 bridgehead atoms. The lowest BCUT2D eigenvalue weighted by Gasteiger charge is -2.20. The van der Waals surface area contributed by atoms with E-state index in [4.69, 9.17) is 0 Å². The van der Waals surface area contributed by atoms with Gasteiger partial charge in [0.25, 0.3) is 5.91 Å². The summed E-state index contributed by atoms with van der Waals surface area (Å²) in [7, 11) is 0. The number of aromatic nitrogens is 2. The third kappa shape index (κ3) is 5.47. The second kappa shape index (κ2) is 11.1. The Morgan fingerprint density at radius 2 is 1.58 bits per heavy atom. The van der Waals surface area contributed by atoms with Gasteiger partial charge in [-0.25, -0.2) is 13.6 Å². The fraction of sp³-hybridized carbons (Fsp3) is 0.108. The Hall–Kier alpha value is -5.63. The van der Waals surface area contributed by atoms with E-state index in [2.05, 4.69) is 10.3 Å². The zero-order valence-electron chi connectivity index (χ0n) is 24.0. The van der Waals surface area contributed by atoms with Gasteiger partial charge in [-0.1, -0.05) is 48.5 Å². The van der Waals surface area contributed by atoms with Gasteiger partial charge in [0.2, 0.25) is 0 Å². The first kappa shape index (κ1) is 28.2. The molecule has 2 aromatic heterocycles. The van der Waals surface area contributed by atoms with Gasteiger partial charge in [0.05, 0.1) is 22.2 Å². The molecular formula is C37H27F2N3O3. The lowest BCUT2D eigenvalue weighted by atomic mass is 9.98. The van der Waals surface area contributed by atoms with E-state index in [1.165, 1.54) is 18.2 Å². The van der Waals surface area contributed by atoms with E-state index in [0.29, 0.717) is 41.6 Å². The second-order valence-electron chi connectivity index (χ2n) is 11.4. The fourth-order valence-electron chi connectivity index (χ4n) is 5.86. The van der Waals surface area contributed by atoms with Gasteiger partial charge in [-0.3, -0.25) is 9.78 Å². The predicted octanol–water partition coefficient (Wildman–Crippen LogP) is 7.81. The minimum absolute atomic E-state index is 0.174. The van der Waals surface area contributed by atoms with Crippen molar-refractivity contribution in [3.63, 3.8) is 0 Å². The highest BCUT2D eigenvalue weighted by Gasteiger charge is 2.46. The molecule has 0 saturated heterocycles. The van der Waals surface area contributed by atoms with Crippen molar-refractivity contribution in [2.75, 3.05) is 0 Å². The molecule has 0 atom stereocenters. The van der Waals surface area contributed by atoms with Gasteiger partial charge in [0.1, 0.15) is 0 Å². The number of carboxylic acids is 1. The van der Waals surface area contributed by atoms with Crippen LogP contribution in [0, 0.1) is 11.6 Å². The molecule has 45 heavy (non-hydrogen) atoms. The number of pyridine rings is 1. The van der Waals surface area contributed by atoms with Crippen molar-refractivity contribution in [2.24, 2.45) is 0 Å². The Bertz CT molecular complexity index is 2070. The molecule has 6 aromatic rings. The van der Waals surface area contributed by atoms with Crippen molar-refractivity contribution in [2.45, 2.75) is 24.9 Å². The maximum atomic E-state index is 14.2. The molecular weight excluding hydrogens is 572 g/mol. The molecule has 2 heterocycles. The highest BCUT2D eigenvalue weighted by molar-refractivity contribution is 6.08. The van der Waals surface area contributed by atoms with Crippen LogP contribution in [-0.4, -0.2) is 26.5 Å². The van der Waals surface area contributed by atoms with E-state index in [0.717, 1.165) is 39.8 Å². The number of fused-ring (bicyclic) bond motifs is 1. The van der Waals surface area contributed by atoms with Crippen LogP contribution in [0.1, 0.15) is 44.7 Å². The molecule has 2 N–H and O–H groups in total. The highest BCUT2D eigenvalue weighted by atomic mass is 19.2. The molecule has 0 spiro atoms. The molecule has 1 saturated carbocycles. The summed E-state index contributed by atoms with van der Waals surface area (Å²) >= 11 is 0. The second-order valence-corrected chi connectivity index (χ2v) is 11.4. The average Bonchev–Trinajstić information content (AvgIpc) is 3.74. The number of rotatable bonds is 8. The first-order valence-corrected chi connectivity index (χ1v) is 14.5. The largest absolute Gasteiger partial charge is 0.478 e. The Labute approximate surface area is 257 Å². The van der Waals surface area contributed by atoms with Crippen LogP contribution in [0.4, 0.5) is 8.78 Å². The molecule has 8 heteroatoms. The fourth-order valence-corrected chi connectivity index (χ4v) is 5.86. The topological polar surface area (TPSA) is 84.2 Å². The smallest absolute Gasteiger partial charge is 0.335 e. The quantitative estimate of drug-likeness (QED) is 0.187. The summed E-state index contributed by atoms with van der Waals surface area (Å²) in [6.07, 6.45) is 6.89. The first-order valence-electron chi connectivity index (χ1n) is 14.5. The number of carbonyl (C=O) groups excluding carboxylic acids is 1. The summed E-state index contributed by atoms with van der Waals surface area (Å²) in [5.74, 6) is -3.23. The predicted molar refractivity (Wildman–Crippen MR) is 168 cm³/mol. The number of halogens is 2. The zero-order valence-corrected chi connectivity index (χ0v) is 24.0. The lowest BCUT2D eigenvalue weighted by Crippen LogP contribution is -2.35. The van der Waals surface area contributed by atoms with Crippen molar-refractivity contribution < 1.29 is 23.5 Å². The van der Waals surface area contributed by atoms with Crippen LogP contribution < -0.4 is 5.32 Å². The van der Waals surface area contributed by atoms with Crippen LogP contribution in [0.3, 0.4) is 0 Å². The van der Waals surface area contributed by atoms with Crippen LogP contribution >= 0.6 is 0 Å². The van der Waals surface area contributed by atoms with E-state index >= 15 is 0 Å². The van der Waals surface area contributed by atoms with Crippen molar-refractivity contribution in [3.05, 3.63) is 150 Å². The molecule has 6 nitrogen and oxygen atoms in total. The molecule has 1 aliphatic carbocycles. The Morgan fingerprint density at radius 1 is 0.822 bits per heavy atom. The Balaban J connectivity index is 1.26. The number of aromatic carboxylic acids is 1. The number of hydrogen-bond donors (Lipinski definition) is 2. The van der Waals surface area contributed by atoms with Gasteiger partial charge in [0.15, 0.2) is 11.6 Å². The number of carboxylic acid groups (broad SMARTS) is 1. The van der Waals surface area contributed by atoms with Gasteiger partial charge in [-0.2, -0.15) is 0 Å². The van der Waals surface area contributed by atoms with Crippen LogP contribution in [0.25, 0.3) is 33.2 Å². The monoisotopic (exact) mass is 599 g/mol. The molecule has 7 rings (SSSR count). The molecule has 1 amide bonds. The van der Waals surface area contributed by atoms with Gasteiger partial charge < -0.3 is 15.0 Å². The zero-order chi connectivity index (χ0) is 31.1. The SMILES string of the molecule is O=C(O)c1ccc(C2(NC(=O)c3cc(-c4ccc(F)c(F)c4)cc4ccn(Cc5ccc(-c6cccnc6)cc5)c34)CC2)cc1. The summed E-state index contributed by atoms with van der Waals surface area (Å²) in [5, 5.41) is 13.3. The summed E-state index contributed by atoms with van der Waals surface area (Å²) in [4.78, 5) is 29.7. The van der Waals surface area contributed by atoms with Crippen LogP contribution in [-0.2, 0) is 12.1 Å². The molecule has 0 unspecified atom stereocenters. The molecule has 1 aliphatic rings. The summed E-state index contributed by atoms with van der Waals surface area (Å²) in [5.41, 5.74) is 5.65. The Kier molecular flexibility index (Phi) is 6.97. The average molecular weight is 600 g/mol. The van der Waals surface area contributed by atoms with E-state index in [9.17, 15) is 23.5 Å². The summed E-state index contributed by atoms with van der Waals surface area (Å²) < 4.78 is 30.0. The molecule has 0 aliphatic heterocycles. The van der Waals surface area contributed by atoms with E-state index in [1.54, 1.807) is 24.4 Å². The van der Waals surface area contributed by atoms with E-state index in [1.807, 2.05) is 65.5 Å². The van der Waals surface area contributed by atoms with E-state index < -0.39 is 23.1 Å². The van der Waals surface area contributed by atoms with Crippen molar-refractivity contribution >= 4 is 22.8 Å². The Morgan fingerprint density at radius 3 is 2.24 bits per heavy atom. The minimum Gasteiger partial charge on any atom is -0.478 e. The van der Waals surface area contributed by atoms with Crippen molar-refractivity contribution in [1.82, 2.24) is 14.9 Å². The van der Waals surface area contributed by atoms with Gasteiger partial charge >= 0.3 is 5.97 Å². The number of benzene rings is 4. The maximum Gasteiger partial charge on any atom is 0.335 e. The van der Waals surface area contributed by atoms with Gasteiger partial charge in [-0.05, 0) is 94.8 Å². The van der Waals surface area contributed by atoms with Crippen LogP contribution in [0.15, 0.2) is 116 Å². The third-order valence-electron chi connectivity index (χ3n) is 8.45. The van der Waals surface area contributed by atoms with Gasteiger partial charge in [0, 0.05) is 30.5 Å². The number of hydrogen-bond acceptors (Lipinski definition) is 3. The summed E-state index contributed by atoms with van der Waals surface area (Å²) in [6.45, 7) is 0.503. The standard InChI is InChI=1S/C37H27F2N3O3/c38-32-12-9-26(20-33(32)39)29-18-27-13-17-42(22-23-3-5-24(6-4-23)28-2-1-16-40-21-28)34(27)31(19-29)35(43)41-37(14-15-37)30-10-7-25(8-11-30)36(44)45/h1-13,16-21H,14-15,22H2,(H,41,43)(H,44,45). The molecule has 4 aromatic carbocycles. The number of amides is 1. The lowest BCUT2D eigenvalue weighted by molar-refractivity contribution is 0.0696. The minimum atomic E-state index is -1.01. The van der Waals surface area contributed by atoms with Crippen LogP contribution in [0.5, 0.6) is 0 Å². The van der Waals surface area contributed by atoms with Crippen molar-refractivity contribution in [3.8, 4) is 22.3 Å². The van der Waals surface area contributed by atoms with E-state index in [-0.39, 0.29) is 11.5 Å². The number of carbonyl (C=O) groups is 2. The first-order chi connectivity index (χ1) is 21.8. The van der Waals surface area contributed by atoms with Gasteiger partial charge in [-0.15, -0.1) is 0 Å². The number of nitrogens with zero attached hydrogens (tertiary/aromatic N) is 2. The number of nitrogens with one attached hydrogen (secondary N) is 1. The molecule has 222 valence electrons. The maximum absolute atomic E-state index is 14.2. The van der Waals surface area contributed by atoms with Crippen LogP contribution in [0.2, 0.25) is 0 Å². The molecule has 0 radical (unpaired) electrons. The third-order valence-corrected chi connectivity index (χ3v) is 8.45.